The van der Waals surface area contributed by atoms with Crippen molar-refractivity contribution in [3.63, 3.8) is 0 Å². The van der Waals surface area contributed by atoms with Crippen LogP contribution < -0.4 is 49.1 Å². The molecule has 2 aromatic carbocycles. The van der Waals surface area contributed by atoms with Gasteiger partial charge in [0.05, 0.1) is 12.5 Å². The number of hydrogen-bond acceptors (Lipinski definition) is 12. The first-order valence-corrected chi connectivity index (χ1v) is 28.7. The van der Waals surface area contributed by atoms with Crippen LogP contribution >= 0.6 is 0 Å². The number of nitrogens with zero attached hydrogens (tertiary/aromatic N) is 3. The van der Waals surface area contributed by atoms with Gasteiger partial charge >= 0.3 is 11.9 Å². The highest BCUT2D eigenvalue weighted by atomic mass is 16.4. The number of amides is 8. The minimum Gasteiger partial charge on any atom is -0.481 e. The lowest BCUT2D eigenvalue weighted by Gasteiger charge is -2.33. The number of carbonyl (C=O) groups excluding carboxylic acids is 8. The fourth-order valence-corrected chi connectivity index (χ4v) is 10.5. The van der Waals surface area contributed by atoms with Gasteiger partial charge in [-0.3, -0.25) is 48.1 Å². The zero-order chi connectivity index (χ0) is 61.1. The number of rotatable bonds is 31. The van der Waals surface area contributed by atoms with Crippen molar-refractivity contribution in [3.8, 4) is 0 Å². The number of H-pyrrole nitrogens is 1. The number of aromatic nitrogens is 1. The van der Waals surface area contributed by atoms with E-state index < -0.39 is 126 Å². The highest BCUT2D eigenvalue weighted by molar-refractivity contribution is 5.99. The second kappa shape index (κ2) is 31.4. The molecule has 0 radical (unpaired) electrons. The molecule has 3 heterocycles. The number of hydrogen-bond donors (Lipinski definition) is 12. The van der Waals surface area contributed by atoms with E-state index in [4.69, 9.17) is 17.2 Å². The van der Waals surface area contributed by atoms with Crippen molar-refractivity contribution in [2.24, 2.45) is 39.9 Å². The zero-order valence-electron chi connectivity index (χ0n) is 48.4. The number of guanidine groups is 1. The largest absolute Gasteiger partial charge is 0.481 e. The molecule has 3 aromatic rings. The van der Waals surface area contributed by atoms with Gasteiger partial charge in [-0.25, -0.2) is 4.79 Å². The number of aromatic amines is 1. The molecule has 10 atom stereocenters. The van der Waals surface area contributed by atoms with Gasteiger partial charge in [-0.1, -0.05) is 96.5 Å². The Morgan fingerprint density at radius 3 is 1.77 bits per heavy atom. The van der Waals surface area contributed by atoms with E-state index in [1.165, 1.54) is 4.90 Å². The first-order valence-electron chi connectivity index (χ1n) is 28.7. The van der Waals surface area contributed by atoms with Gasteiger partial charge in [0.2, 0.25) is 47.3 Å². The monoisotopic (exact) mass is 1160 g/mol. The quantitative estimate of drug-likeness (QED) is 0.0242. The number of nitrogens with one attached hydrogen (secondary N) is 7. The summed E-state index contributed by atoms with van der Waals surface area (Å²) in [5.41, 5.74) is 19.6. The number of carboxylic acids is 2. The second-order valence-electron chi connectivity index (χ2n) is 22.6. The summed E-state index contributed by atoms with van der Waals surface area (Å²) in [6.07, 6.45) is 2.80. The molecular formula is C58H85N13O12. The van der Waals surface area contributed by atoms with Gasteiger partial charge in [-0.2, -0.15) is 0 Å². The van der Waals surface area contributed by atoms with Gasteiger partial charge in [0, 0.05) is 49.6 Å². The maximum Gasteiger partial charge on any atom is 0.326 e. The topological polar surface area (TPSA) is 396 Å². The van der Waals surface area contributed by atoms with E-state index in [9.17, 15) is 58.2 Å². The molecular weight excluding hydrogens is 1070 g/mol. The molecule has 0 saturated carbocycles. The van der Waals surface area contributed by atoms with Crippen molar-refractivity contribution in [1.82, 2.24) is 46.7 Å². The summed E-state index contributed by atoms with van der Waals surface area (Å²) in [4.78, 5) is 148. The maximum absolute atomic E-state index is 14.8. The fourth-order valence-electron chi connectivity index (χ4n) is 10.5. The van der Waals surface area contributed by atoms with Crippen LogP contribution in [-0.4, -0.2) is 164 Å². The summed E-state index contributed by atoms with van der Waals surface area (Å²) in [6.45, 7) is 11.0. The number of aliphatic carboxylic acids is 2. The van der Waals surface area contributed by atoms with Crippen molar-refractivity contribution in [2.45, 2.75) is 173 Å². The van der Waals surface area contributed by atoms with Crippen LogP contribution in [0, 0.1) is 17.8 Å². The third-order valence-corrected chi connectivity index (χ3v) is 15.1. The van der Waals surface area contributed by atoms with Crippen molar-refractivity contribution in [3.05, 3.63) is 71.9 Å². The number of carbonyl (C=O) groups is 10. The molecule has 25 nitrogen and oxygen atoms in total. The van der Waals surface area contributed by atoms with Crippen LogP contribution in [-0.2, 0) is 60.8 Å². The highest BCUT2D eigenvalue weighted by Crippen LogP contribution is 2.24. The van der Waals surface area contributed by atoms with E-state index in [0.717, 1.165) is 21.4 Å². The Morgan fingerprint density at radius 2 is 1.19 bits per heavy atom. The van der Waals surface area contributed by atoms with Crippen LogP contribution in [0.5, 0.6) is 0 Å². The predicted molar refractivity (Wildman–Crippen MR) is 309 cm³/mol. The number of aliphatic imine (C=N–C) groups is 1. The van der Waals surface area contributed by atoms with Crippen LogP contribution in [0.4, 0.5) is 0 Å². The molecule has 83 heavy (non-hydrogen) atoms. The molecule has 2 aliphatic heterocycles. The standard InChI is InChI=1S/C58H85N13O12/c1-7-34(6)48(54(79)67-43(30-47(72)73)56(81)71-25-14-21-45(71)52(77)66-41(28-35-16-9-8-10-17-35)50(75)68-44(57(82)83)27-33(4)5)69-53(78)46-22-15-24-70(46)55(80)40(20-13-23-62-58(60)61)64-51(76)42(65-49(74)38(59)26-32(2)3)29-36-31-63-39-19-12-11-18-37(36)39/h8-12,16-19,31-34,38,40-46,48,63H,7,13-15,20-30,59H2,1-6H3,(H,64,76)(H,65,74)(H,66,77)(H,67,79)(H,68,75)(H,69,78)(H,72,73)(H,82,83)(H4,60,61,62)/t34-,38-,40-,41-,42-,43-,44-,45-,46-,48-/m0/s1. The number of carboxylic acid groups (broad SMARTS) is 2. The van der Waals surface area contributed by atoms with Gasteiger partial charge in [0.15, 0.2) is 5.96 Å². The van der Waals surface area contributed by atoms with E-state index in [-0.39, 0.29) is 82.4 Å². The van der Waals surface area contributed by atoms with Gasteiger partial charge in [0.25, 0.3) is 0 Å². The molecule has 15 N–H and O–H groups in total. The first kappa shape index (κ1) is 65.7. The summed E-state index contributed by atoms with van der Waals surface area (Å²) >= 11 is 0. The van der Waals surface area contributed by atoms with Crippen molar-refractivity contribution in [1.29, 1.82) is 0 Å². The summed E-state index contributed by atoms with van der Waals surface area (Å²) < 4.78 is 0. The third kappa shape index (κ3) is 19.2. The Bertz CT molecular complexity index is 2790. The third-order valence-electron chi connectivity index (χ3n) is 15.1. The number of likely N-dealkylation sites (tertiary alicyclic amines) is 2. The van der Waals surface area contributed by atoms with Gasteiger partial charge in [0.1, 0.15) is 48.3 Å². The number of benzene rings is 2. The number of nitrogens with two attached hydrogens (primary N) is 3. The van der Waals surface area contributed by atoms with Crippen LogP contribution in [0.1, 0.15) is 117 Å². The van der Waals surface area contributed by atoms with Crippen molar-refractivity contribution < 1.29 is 58.2 Å². The minimum atomic E-state index is -1.73. The Hall–Kier alpha value is -8.09. The second-order valence-corrected chi connectivity index (χ2v) is 22.6. The van der Waals surface area contributed by atoms with Crippen LogP contribution in [0.2, 0.25) is 0 Å². The molecule has 2 saturated heterocycles. The van der Waals surface area contributed by atoms with E-state index >= 15 is 0 Å². The molecule has 2 fully saturated rings. The zero-order valence-corrected chi connectivity index (χ0v) is 48.4. The summed E-state index contributed by atoms with van der Waals surface area (Å²) in [5.74, 6) is -9.44. The Labute approximate surface area is 483 Å². The van der Waals surface area contributed by atoms with Gasteiger partial charge in [-0.15, -0.1) is 0 Å². The molecule has 2 aliphatic rings. The first-order chi connectivity index (χ1) is 39.4. The highest BCUT2D eigenvalue weighted by Gasteiger charge is 2.43. The van der Waals surface area contributed by atoms with E-state index in [0.29, 0.717) is 31.2 Å². The van der Waals surface area contributed by atoms with Gasteiger partial charge < -0.3 is 74.1 Å². The molecule has 8 amide bonds. The Morgan fingerprint density at radius 1 is 0.651 bits per heavy atom. The minimum absolute atomic E-state index is 0.00735. The number of fused-ring (bicyclic) bond motifs is 1. The van der Waals surface area contributed by atoms with Crippen LogP contribution in [0.25, 0.3) is 10.9 Å². The van der Waals surface area contributed by atoms with Crippen LogP contribution in [0.15, 0.2) is 65.8 Å². The van der Waals surface area contributed by atoms with Gasteiger partial charge in [-0.05, 0) is 86.3 Å². The molecule has 0 bridgehead atoms. The SMILES string of the molecule is CC[C@H](C)[C@H](NC(=O)[C@@H]1CCCN1C(=O)[C@H](CCCN=C(N)N)NC(=O)[C@H](Cc1c[nH]c2ccccc12)NC(=O)[C@@H](N)CC(C)C)C(=O)N[C@@H](CC(=O)O)C(=O)N1CCC[C@H]1C(=O)N[C@@H](Cc1ccccc1)C(=O)N[C@@H](CC(C)C)C(=O)O. The molecule has 25 heteroatoms. The average molecular weight is 1160 g/mol. The normalized spacial score (nSPS) is 17.9. The van der Waals surface area contributed by atoms with E-state index in [2.05, 4.69) is 41.9 Å². The van der Waals surface area contributed by atoms with E-state index in [1.54, 1.807) is 64.2 Å². The van der Waals surface area contributed by atoms with E-state index in [1.807, 2.05) is 38.1 Å². The Kier molecular flexibility index (Phi) is 24.8. The average Bonchev–Trinajstić information content (AvgIpc) is 4.41. The lowest BCUT2D eigenvalue weighted by atomic mass is 9.97. The maximum atomic E-state index is 14.8. The molecule has 0 aliphatic carbocycles. The smallest absolute Gasteiger partial charge is 0.326 e. The van der Waals surface area contributed by atoms with Crippen molar-refractivity contribution in [2.75, 3.05) is 19.6 Å². The lowest BCUT2D eigenvalue weighted by Crippen LogP contribution is -2.61. The Balaban J connectivity index is 1.34. The lowest BCUT2D eigenvalue weighted by molar-refractivity contribution is -0.146. The predicted octanol–water partition coefficient (Wildman–Crippen LogP) is 0.922. The molecule has 5 rings (SSSR count). The number of para-hydroxylation sites is 1. The van der Waals surface area contributed by atoms with Crippen LogP contribution in [0.3, 0.4) is 0 Å². The molecule has 454 valence electrons. The molecule has 0 spiro atoms. The van der Waals surface area contributed by atoms with Crippen molar-refractivity contribution >= 4 is 76.1 Å². The molecule has 0 unspecified atom stereocenters. The summed E-state index contributed by atoms with van der Waals surface area (Å²) in [5, 5.41) is 36.9. The molecule has 1 aromatic heterocycles. The summed E-state index contributed by atoms with van der Waals surface area (Å²) in [6, 6.07) is 4.80. The fraction of sp³-hybridized carbons (Fsp3) is 0.569. The summed E-state index contributed by atoms with van der Waals surface area (Å²) in [7, 11) is 0.